The average Bonchev–Trinajstić information content (AvgIpc) is 3.24. The average molecular weight is 345 g/mol. The summed E-state index contributed by atoms with van der Waals surface area (Å²) in [5.74, 6) is 5.33. The third-order valence-electron chi connectivity index (χ3n) is 4.23. The van der Waals surface area contributed by atoms with Gasteiger partial charge in [0.2, 0.25) is 5.60 Å². The summed E-state index contributed by atoms with van der Waals surface area (Å²) in [7, 11) is 0. The Morgan fingerprint density at radius 3 is 2.56 bits per heavy atom. The van der Waals surface area contributed by atoms with Crippen molar-refractivity contribution < 1.29 is 9.90 Å². The molecule has 4 heteroatoms. The second-order valence-electron chi connectivity index (χ2n) is 5.87. The van der Waals surface area contributed by atoms with Crippen molar-refractivity contribution in [2.24, 2.45) is 0 Å². The molecule has 1 amide bonds. The van der Waals surface area contributed by atoms with Gasteiger partial charge in [-0.25, -0.2) is 0 Å². The minimum Gasteiger partial charge on any atom is -0.366 e. The molecule has 0 aliphatic carbocycles. The minimum absolute atomic E-state index is 0.402. The summed E-state index contributed by atoms with van der Waals surface area (Å²) >= 11 is 1.53. The Bertz CT molecular complexity index is 970. The fourth-order valence-electron chi connectivity index (χ4n) is 2.98. The molecular formula is C21H15NO2S. The van der Waals surface area contributed by atoms with E-state index in [0.29, 0.717) is 17.8 Å². The minimum atomic E-state index is -1.81. The lowest BCUT2D eigenvalue weighted by molar-refractivity contribution is -0.130. The smallest absolute Gasteiger partial charge is 0.276 e. The van der Waals surface area contributed by atoms with Crippen molar-refractivity contribution in [1.82, 2.24) is 0 Å². The molecule has 0 spiro atoms. The molecule has 1 atom stereocenters. The first-order chi connectivity index (χ1) is 12.2. The van der Waals surface area contributed by atoms with Crippen molar-refractivity contribution in [3.05, 3.63) is 88.1 Å². The SMILES string of the molecule is O=C1N(Cc2ccccc2)c2ccccc2C1(O)C#Cc1ccsc1. The molecule has 122 valence electrons. The van der Waals surface area contributed by atoms with Crippen molar-refractivity contribution in [3.8, 4) is 11.8 Å². The zero-order valence-corrected chi connectivity index (χ0v) is 14.2. The Kier molecular flexibility index (Phi) is 3.89. The Hall–Kier alpha value is -2.87. The maximum Gasteiger partial charge on any atom is 0.276 e. The van der Waals surface area contributed by atoms with Crippen LogP contribution in [0.15, 0.2) is 71.4 Å². The van der Waals surface area contributed by atoms with Gasteiger partial charge in [-0.3, -0.25) is 4.79 Å². The number of thiophene rings is 1. The number of anilines is 1. The number of benzene rings is 2. The lowest BCUT2D eigenvalue weighted by Gasteiger charge is -2.19. The number of aliphatic hydroxyl groups is 1. The Morgan fingerprint density at radius 1 is 1.04 bits per heavy atom. The highest BCUT2D eigenvalue weighted by Crippen LogP contribution is 2.40. The van der Waals surface area contributed by atoms with Gasteiger partial charge >= 0.3 is 0 Å². The number of hydrogen-bond donors (Lipinski definition) is 1. The molecule has 2 heterocycles. The zero-order chi connectivity index (χ0) is 17.3. The van der Waals surface area contributed by atoms with E-state index in [2.05, 4.69) is 11.8 Å². The normalized spacial score (nSPS) is 18.6. The number of fused-ring (bicyclic) bond motifs is 1. The Balaban J connectivity index is 1.76. The largest absolute Gasteiger partial charge is 0.366 e. The first-order valence-electron chi connectivity index (χ1n) is 7.91. The van der Waals surface area contributed by atoms with Crippen LogP contribution in [0, 0.1) is 11.8 Å². The molecule has 0 saturated carbocycles. The van der Waals surface area contributed by atoms with Gasteiger partial charge in [0.15, 0.2) is 0 Å². The molecule has 1 aliphatic rings. The lowest BCUT2D eigenvalue weighted by atomic mass is 9.96. The lowest BCUT2D eigenvalue weighted by Crippen LogP contribution is -2.39. The molecule has 0 fully saturated rings. The van der Waals surface area contributed by atoms with Crippen LogP contribution in [0.25, 0.3) is 0 Å². The van der Waals surface area contributed by atoms with Crippen LogP contribution in [0.5, 0.6) is 0 Å². The van der Waals surface area contributed by atoms with E-state index in [9.17, 15) is 9.90 Å². The van der Waals surface area contributed by atoms with Gasteiger partial charge in [0.25, 0.3) is 5.91 Å². The van der Waals surface area contributed by atoms with Crippen molar-refractivity contribution in [3.63, 3.8) is 0 Å². The summed E-state index contributed by atoms with van der Waals surface area (Å²) in [6.07, 6.45) is 0. The van der Waals surface area contributed by atoms with Gasteiger partial charge in [-0.05, 0) is 29.0 Å². The highest BCUT2D eigenvalue weighted by Gasteiger charge is 2.48. The zero-order valence-electron chi connectivity index (χ0n) is 13.3. The molecule has 1 unspecified atom stereocenters. The predicted molar refractivity (Wildman–Crippen MR) is 99.2 cm³/mol. The molecule has 1 N–H and O–H groups in total. The van der Waals surface area contributed by atoms with E-state index in [1.54, 1.807) is 11.0 Å². The summed E-state index contributed by atoms with van der Waals surface area (Å²) < 4.78 is 0. The molecule has 0 radical (unpaired) electrons. The standard InChI is InChI=1S/C21H15NO2S/c23-20-21(24,12-10-17-11-13-25-15-17)18-8-4-5-9-19(18)22(20)14-16-6-2-1-3-7-16/h1-9,11,13,15,24H,14H2. The molecule has 0 bridgehead atoms. The second-order valence-corrected chi connectivity index (χ2v) is 6.65. The molecule has 0 saturated heterocycles. The van der Waals surface area contributed by atoms with Gasteiger partial charge in [-0.15, -0.1) is 0 Å². The van der Waals surface area contributed by atoms with E-state index in [0.717, 1.165) is 11.1 Å². The number of amides is 1. The van der Waals surface area contributed by atoms with Gasteiger partial charge in [0, 0.05) is 16.5 Å². The van der Waals surface area contributed by atoms with Crippen LogP contribution in [0.4, 0.5) is 5.69 Å². The van der Waals surface area contributed by atoms with Gasteiger partial charge < -0.3 is 10.0 Å². The third kappa shape index (κ3) is 2.74. The van der Waals surface area contributed by atoms with E-state index < -0.39 is 11.5 Å². The molecule has 3 nitrogen and oxygen atoms in total. The maximum atomic E-state index is 13.0. The molecule has 3 aromatic rings. The van der Waals surface area contributed by atoms with Crippen molar-refractivity contribution in [2.75, 3.05) is 4.90 Å². The monoisotopic (exact) mass is 345 g/mol. The van der Waals surface area contributed by atoms with Crippen LogP contribution >= 0.6 is 11.3 Å². The van der Waals surface area contributed by atoms with Crippen molar-refractivity contribution in [1.29, 1.82) is 0 Å². The van der Waals surface area contributed by atoms with Crippen LogP contribution in [0.2, 0.25) is 0 Å². The van der Waals surface area contributed by atoms with Crippen LogP contribution in [0.3, 0.4) is 0 Å². The maximum absolute atomic E-state index is 13.0. The second kappa shape index (κ2) is 6.21. The predicted octanol–water partition coefficient (Wildman–Crippen LogP) is 3.53. The summed E-state index contributed by atoms with van der Waals surface area (Å²) in [5.41, 5.74) is 1.23. The number of rotatable bonds is 2. The van der Waals surface area contributed by atoms with Gasteiger partial charge in [-0.1, -0.05) is 54.5 Å². The first kappa shape index (κ1) is 15.6. The molecule has 2 aromatic carbocycles. The molecular weight excluding hydrogens is 330 g/mol. The highest BCUT2D eigenvalue weighted by molar-refractivity contribution is 7.08. The molecule has 4 rings (SSSR count). The number of nitrogens with zero attached hydrogens (tertiary/aromatic N) is 1. The van der Waals surface area contributed by atoms with Gasteiger partial charge in [0.05, 0.1) is 12.2 Å². The van der Waals surface area contributed by atoms with Crippen molar-refractivity contribution >= 4 is 22.9 Å². The van der Waals surface area contributed by atoms with Gasteiger partial charge in [0.1, 0.15) is 0 Å². The number of hydrogen-bond acceptors (Lipinski definition) is 3. The van der Waals surface area contributed by atoms with Gasteiger partial charge in [-0.2, -0.15) is 11.3 Å². The van der Waals surface area contributed by atoms with Crippen LogP contribution in [-0.4, -0.2) is 11.0 Å². The van der Waals surface area contributed by atoms with Crippen molar-refractivity contribution in [2.45, 2.75) is 12.1 Å². The fourth-order valence-corrected chi connectivity index (χ4v) is 3.56. The quantitative estimate of drug-likeness (QED) is 0.722. The summed E-state index contributed by atoms with van der Waals surface area (Å²) in [6.45, 7) is 0.402. The summed E-state index contributed by atoms with van der Waals surface area (Å²) in [5, 5.41) is 14.9. The fraction of sp³-hybridized carbons (Fsp3) is 0.0952. The van der Waals surface area contributed by atoms with Crippen LogP contribution < -0.4 is 4.90 Å². The Morgan fingerprint density at radius 2 is 1.80 bits per heavy atom. The molecule has 1 aliphatic heterocycles. The summed E-state index contributed by atoms with van der Waals surface area (Å²) in [6, 6.07) is 18.9. The Labute approximate surface area is 150 Å². The highest BCUT2D eigenvalue weighted by atomic mass is 32.1. The first-order valence-corrected chi connectivity index (χ1v) is 8.86. The number of carbonyl (C=O) groups excluding carboxylic acids is 1. The number of carbonyl (C=O) groups is 1. The summed E-state index contributed by atoms with van der Waals surface area (Å²) in [4.78, 5) is 14.6. The topological polar surface area (TPSA) is 40.5 Å². The van der Waals surface area contributed by atoms with Crippen LogP contribution in [-0.2, 0) is 16.9 Å². The van der Waals surface area contributed by atoms with E-state index in [1.165, 1.54) is 11.3 Å². The number of para-hydroxylation sites is 1. The van der Waals surface area contributed by atoms with E-state index in [-0.39, 0.29) is 0 Å². The third-order valence-corrected chi connectivity index (χ3v) is 4.91. The van der Waals surface area contributed by atoms with E-state index >= 15 is 0 Å². The van der Waals surface area contributed by atoms with E-state index in [4.69, 9.17) is 0 Å². The van der Waals surface area contributed by atoms with E-state index in [1.807, 2.05) is 65.4 Å². The van der Waals surface area contributed by atoms with Crippen LogP contribution in [0.1, 0.15) is 16.7 Å². The molecule has 1 aromatic heterocycles. The molecule has 25 heavy (non-hydrogen) atoms.